The van der Waals surface area contributed by atoms with Crippen LogP contribution in [0.5, 0.6) is 0 Å². The van der Waals surface area contributed by atoms with Gasteiger partial charge in [-0.25, -0.2) is 0 Å². The molecule has 0 saturated heterocycles. The molecule has 0 radical (unpaired) electrons. The standard InChI is InChI=1S/C4H10NO2P/c1-3-4(5)8(2,6)7/h3-4H,1,5H2,2H3,(H,6,7). The molecule has 2 unspecified atom stereocenters. The first kappa shape index (κ1) is 7.89. The highest BCUT2D eigenvalue weighted by Gasteiger charge is 2.16. The van der Waals surface area contributed by atoms with Gasteiger partial charge in [0.25, 0.3) is 0 Å². The molecule has 0 fully saturated rings. The maximum atomic E-state index is 10.5. The van der Waals surface area contributed by atoms with Gasteiger partial charge in [-0.1, -0.05) is 6.08 Å². The monoisotopic (exact) mass is 135 g/mol. The van der Waals surface area contributed by atoms with Crippen LogP contribution in [0.1, 0.15) is 0 Å². The van der Waals surface area contributed by atoms with E-state index in [9.17, 15) is 4.57 Å². The second-order valence-electron chi connectivity index (χ2n) is 1.67. The van der Waals surface area contributed by atoms with Crippen LogP contribution in [0.2, 0.25) is 0 Å². The first-order valence-corrected chi connectivity index (χ1v) is 4.34. The van der Waals surface area contributed by atoms with Gasteiger partial charge in [0, 0.05) is 6.66 Å². The van der Waals surface area contributed by atoms with Crippen molar-refractivity contribution in [3.05, 3.63) is 12.7 Å². The van der Waals surface area contributed by atoms with E-state index >= 15 is 0 Å². The Kier molecular flexibility index (Phi) is 2.41. The van der Waals surface area contributed by atoms with Gasteiger partial charge in [-0.15, -0.1) is 6.58 Å². The van der Waals surface area contributed by atoms with Crippen molar-refractivity contribution in [3.8, 4) is 0 Å². The van der Waals surface area contributed by atoms with Crippen LogP contribution in [0.25, 0.3) is 0 Å². The average molecular weight is 135 g/mol. The summed E-state index contributed by atoms with van der Waals surface area (Å²) in [7, 11) is -3.10. The van der Waals surface area contributed by atoms with Crippen molar-refractivity contribution < 1.29 is 9.46 Å². The van der Waals surface area contributed by atoms with Gasteiger partial charge < -0.3 is 10.6 Å². The smallest absolute Gasteiger partial charge is 0.217 e. The molecular formula is C4H10NO2P. The van der Waals surface area contributed by atoms with E-state index in [1.807, 2.05) is 0 Å². The molecule has 0 aliphatic rings. The molecule has 0 aromatic heterocycles. The highest BCUT2D eigenvalue weighted by Crippen LogP contribution is 2.38. The summed E-state index contributed by atoms with van der Waals surface area (Å²) in [5.74, 6) is -0.775. The minimum atomic E-state index is -3.10. The van der Waals surface area contributed by atoms with Crippen molar-refractivity contribution in [1.29, 1.82) is 0 Å². The molecule has 0 aliphatic heterocycles. The lowest BCUT2D eigenvalue weighted by Crippen LogP contribution is -2.15. The third kappa shape index (κ3) is 2.26. The van der Waals surface area contributed by atoms with Gasteiger partial charge in [-0.2, -0.15) is 0 Å². The van der Waals surface area contributed by atoms with Crippen molar-refractivity contribution in [2.75, 3.05) is 6.66 Å². The third-order valence-electron chi connectivity index (χ3n) is 0.795. The molecule has 0 amide bonds. The second kappa shape index (κ2) is 2.44. The Morgan fingerprint density at radius 2 is 2.38 bits per heavy atom. The van der Waals surface area contributed by atoms with E-state index in [1.54, 1.807) is 0 Å². The van der Waals surface area contributed by atoms with Crippen LogP contribution in [0.3, 0.4) is 0 Å². The van der Waals surface area contributed by atoms with Gasteiger partial charge in [-0.3, -0.25) is 4.57 Å². The molecule has 0 bridgehead atoms. The summed E-state index contributed by atoms with van der Waals surface area (Å²) in [6.07, 6.45) is 1.26. The summed E-state index contributed by atoms with van der Waals surface area (Å²) in [6.45, 7) is 4.48. The molecule has 0 spiro atoms. The van der Waals surface area contributed by atoms with Crippen LogP contribution < -0.4 is 5.73 Å². The second-order valence-corrected chi connectivity index (χ2v) is 4.15. The zero-order chi connectivity index (χ0) is 6.78. The van der Waals surface area contributed by atoms with Crippen molar-refractivity contribution in [2.45, 2.75) is 5.78 Å². The lowest BCUT2D eigenvalue weighted by Gasteiger charge is -2.08. The van der Waals surface area contributed by atoms with E-state index in [0.29, 0.717) is 0 Å². The van der Waals surface area contributed by atoms with Crippen molar-refractivity contribution in [1.82, 2.24) is 0 Å². The Balaban J connectivity index is 4.02. The first-order valence-electron chi connectivity index (χ1n) is 2.16. The molecule has 3 N–H and O–H groups in total. The predicted molar refractivity (Wildman–Crippen MR) is 33.9 cm³/mol. The summed E-state index contributed by atoms with van der Waals surface area (Å²) in [6, 6.07) is 0. The van der Waals surface area contributed by atoms with E-state index in [4.69, 9.17) is 10.6 Å². The van der Waals surface area contributed by atoms with E-state index < -0.39 is 13.2 Å². The number of rotatable bonds is 2. The Morgan fingerprint density at radius 3 is 2.38 bits per heavy atom. The topological polar surface area (TPSA) is 63.3 Å². The van der Waals surface area contributed by atoms with Crippen LogP contribution >= 0.6 is 7.37 Å². The molecular weight excluding hydrogens is 125 g/mol. The van der Waals surface area contributed by atoms with Gasteiger partial charge in [0.1, 0.15) is 0 Å². The highest BCUT2D eigenvalue weighted by molar-refractivity contribution is 7.58. The Bertz CT molecular complexity index is 128. The average Bonchev–Trinajstić information content (AvgIpc) is 1.62. The van der Waals surface area contributed by atoms with E-state index in [-0.39, 0.29) is 0 Å². The maximum Gasteiger partial charge on any atom is 0.217 e. The fourth-order valence-electron chi connectivity index (χ4n) is 0.196. The fourth-order valence-corrected chi connectivity index (χ4v) is 0.587. The predicted octanol–water partition coefficient (Wildman–Crippen LogP) is 0.357. The normalized spacial score (nSPS) is 21.4. The summed E-state index contributed by atoms with van der Waals surface area (Å²) in [5.41, 5.74) is 5.12. The van der Waals surface area contributed by atoms with Gasteiger partial charge in [-0.05, 0) is 0 Å². The van der Waals surface area contributed by atoms with Gasteiger partial charge in [0.15, 0.2) is 0 Å². The Morgan fingerprint density at radius 1 is 2.00 bits per heavy atom. The Hall–Kier alpha value is -0.110. The third-order valence-corrected chi connectivity index (χ3v) is 2.11. The molecule has 2 atom stereocenters. The lowest BCUT2D eigenvalue weighted by molar-refractivity contribution is 0.478. The number of hydrogen-bond donors (Lipinski definition) is 2. The van der Waals surface area contributed by atoms with Gasteiger partial charge in [0.05, 0.1) is 5.78 Å². The van der Waals surface area contributed by atoms with E-state index in [0.717, 1.165) is 0 Å². The molecule has 3 nitrogen and oxygen atoms in total. The Labute approximate surface area is 48.7 Å². The van der Waals surface area contributed by atoms with Gasteiger partial charge >= 0.3 is 0 Å². The van der Waals surface area contributed by atoms with Crippen LogP contribution in [-0.2, 0) is 4.57 Å². The summed E-state index contributed by atoms with van der Waals surface area (Å²) in [5, 5.41) is 0. The SMILES string of the molecule is C=CC(N)P(C)(=O)O. The van der Waals surface area contributed by atoms with Crippen LogP contribution in [0, 0.1) is 0 Å². The molecule has 8 heavy (non-hydrogen) atoms. The zero-order valence-electron chi connectivity index (χ0n) is 4.74. The van der Waals surface area contributed by atoms with Crippen molar-refractivity contribution >= 4 is 7.37 Å². The minimum Gasteiger partial charge on any atom is -0.343 e. The van der Waals surface area contributed by atoms with Crippen molar-refractivity contribution in [2.24, 2.45) is 5.73 Å². The van der Waals surface area contributed by atoms with E-state index in [1.165, 1.54) is 12.7 Å². The summed E-state index contributed by atoms with van der Waals surface area (Å²) < 4.78 is 10.5. The molecule has 4 heteroatoms. The van der Waals surface area contributed by atoms with Crippen LogP contribution in [0.15, 0.2) is 12.7 Å². The molecule has 48 valence electrons. The van der Waals surface area contributed by atoms with Crippen LogP contribution in [-0.4, -0.2) is 17.3 Å². The molecule has 0 rings (SSSR count). The van der Waals surface area contributed by atoms with Crippen LogP contribution in [0.4, 0.5) is 0 Å². The highest BCUT2D eigenvalue weighted by atomic mass is 31.2. The fraction of sp³-hybridized carbons (Fsp3) is 0.500. The maximum absolute atomic E-state index is 10.5. The lowest BCUT2D eigenvalue weighted by atomic mass is 10.7. The molecule has 0 aliphatic carbocycles. The molecule has 0 heterocycles. The minimum absolute atomic E-state index is 0.775. The quantitative estimate of drug-likeness (QED) is 0.424. The summed E-state index contributed by atoms with van der Waals surface area (Å²) in [4.78, 5) is 8.65. The zero-order valence-corrected chi connectivity index (χ0v) is 5.64. The summed E-state index contributed by atoms with van der Waals surface area (Å²) >= 11 is 0. The largest absolute Gasteiger partial charge is 0.343 e. The van der Waals surface area contributed by atoms with E-state index in [2.05, 4.69) is 6.58 Å². The molecule has 0 saturated carbocycles. The molecule has 0 aromatic rings. The number of nitrogens with two attached hydrogens (primary N) is 1. The van der Waals surface area contributed by atoms with Gasteiger partial charge in [0.2, 0.25) is 7.37 Å². The molecule has 0 aromatic carbocycles. The number of hydrogen-bond acceptors (Lipinski definition) is 2. The first-order chi connectivity index (χ1) is 3.48. The van der Waals surface area contributed by atoms with Crippen molar-refractivity contribution in [3.63, 3.8) is 0 Å².